The molecule has 0 aromatic heterocycles. The standard InChI is InChI=1S/C13H19NO5/c1-13(2,3)19-12(17)14-6-5-9(8-15)10(7-14)11(16)18-4/h10H,5-7H2,1-4H3. The highest BCUT2D eigenvalue weighted by Gasteiger charge is 2.35. The predicted molar refractivity (Wildman–Crippen MR) is 67.1 cm³/mol. The lowest BCUT2D eigenvalue weighted by Gasteiger charge is -2.33. The molecule has 0 saturated carbocycles. The van der Waals surface area contributed by atoms with Crippen LogP contribution in [0.4, 0.5) is 4.79 Å². The van der Waals surface area contributed by atoms with Crippen molar-refractivity contribution in [2.45, 2.75) is 32.8 Å². The van der Waals surface area contributed by atoms with Gasteiger partial charge in [-0.2, -0.15) is 0 Å². The van der Waals surface area contributed by atoms with Gasteiger partial charge in [0.15, 0.2) is 0 Å². The number of rotatable bonds is 1. The lowest BCUT2D eigenvalue weighted by Crippen LogP contribution is -2.46. The number of methoxy groups -OCH3 is 1. The quantitative estimate of drug-likeness (QED) is 0.528. The van der Waals surface area contributed by atoms with E-state index in [1.54, 1.807) is 26.7 Å². The van der Waals surface area contributed by atoms with E-state index in [2.05, 4.69) is 4.74 Å². The molecular formula is C13H19NO5. The van der Waals surface area contributed by atoms with E-state index in [0.29, 0.717) is 18.5 Å². The fourth-order valence-corrected chi connectivity index (χ4v) is 1.83. The predicted octanol–water partition coefficient (Wildman–Crippen LogP) is 1.17. The molecule has 6 heteroatoms. The lowest BCUT2D eigenvalue weighted by atomic mass is 9.93. The first-order chi connectivity index (χ1) is 8.78. The SMILES string of the molecule is COC(=O)C1CN(C(=O)OC(C)(C)C)CCC1=C=O. The molecule has 19 heavy (non-hydrogen) atoms. The third-order valence-corrected chi connectivity index (χ3v) is 2.74. The van der Waals surface area contributed by atoms with Gasteiger partial charge in [0.1, 0.15) is 17.5 Å². The molecular weight excluding hydrogens is 250 g/mol. The van der Waals surface area contributed by atoms with Crippen molar-refractivity contribution in [3.8, 4) is 0 Å². The van der Waals surface area contributed by atoms with E-state index in [1.165, 1.54) is 12.0 Å². The van der Waals surface area contributed by atoms with Crippen LogP contribution in [0.25, 0.3) is 0 Å². The number of carbonyl (C=O) groups excluding carboxylic acids is 3. The van der Waals surface area contributed by atoms with Crippen molar-refractivity contribution in [3.05, 3.63) is 5.57 Å². The van der Waals surface area contributed by atoms with Gasteiger partial charge >= 0.3 is 12.1 Å². The third-order valence-electron chi connectivity index (χ3n) is 2.74. The summed E-state index contributed by atoms with van der Waals surface area (Å²) in [4.78, 5) is 35.7. The maximum atomic E-state index is 11.9. The highest BCUT2D eigenvalue weighted by molar-refractivity contribution is 5.81. The molecule has 0 aliphatic carbocycles. The van der Waals surface area contributed by atoms with Crippen LogP contribution in [0, 0.1) is 5.92 Å². The molecule has 1 rings (SSSR count). The van der Waals surface area contributed by atoms with Crippen molar-refractivity contribution in [1.82, 2.24) is 4.90 Å². The first-order valence-electron chi connectivity index (χ1n) is 6.08. The van der Waals surface area contributed by atoms with Gasteiger partial charge in [-0.3, -0.25) is 4.79 Å². The second-order valence-corrected chi connectivity index (χ2v) is 5.38. The molecule has 1 heterocycles. The summed E-state index contributed by atoms with van der Waals surface area (Å²) in [6, 6.07) is 0. The Balaban J connectivity index is 2.78. The Morgan fingerprint density at radius 1 is 1.37 bits per heavy atom. The minimum atomic E-state index is -0.747. The number of nitrogens with zero attached hydrogens (tertiary/aromatic N) is 1. The highest BCUT2D eigenvalue weighted by atomic mass is 16.6. The van der Waals surface area contributed by atoms with Crippen LogP contribution in [-0.4, -0.2) is 48.7 Å². The average Bonchev–Trinajstić information content (AvgIpc) is 2.35. The summed E-state index contributed by atoms with van der Waals surface area (Å²) in [5.41, 5.74) is -0.259. The second kappa shape index (κ2) is 5.89. The number of ether oxygens (including phenoxy) is 2. The Labute approximate surface area is 112 Å². The molecule has 1 amide bonds. The largest absolute Gasteiger partial charge is 0.468 e. The summed E-state index contributed by atoms with van der Waals surface area (Å²) in [5.74, 6) is 0.482. The summed E-state index contributed by atoms with van der Waals surface area (Å²) in [6.07, 6.45) is -0.186. The molecule has 0 N–H and O–H groups in total. The number of hydrogen-bond donors (Lipinski definition) is 0. The number of carbonyl (C=O) groups is 2. The van der Waals surface area contributed by atoms with Gasteiger partial charge < -0.3 is 14.4 Å². The van der Waals surface area contributed by atoms with Crippen LogP contribution in [0.5, 0.6) is 0 Å². The molecule has 0 bridgehead atoms. The van der Waals surface area contributed by atoms with Crippen molar-refractivity contribution in [1.29, 1.82) is 0 Å². The van der Waals surface area contributed by atoms with E-state index in [9.17, 15) is 14.4 Å². The van der Waals surface area contributed by atoms with Crippen LogP contribution >= 0.6 is 0 Å². The molecule has 0 aromatic carbocycles. The van der Waals surface area contributed by atoms with Crippen LogP contribution in [0.2, 0.25) is 0 Å². The van der Waals surface area contributed by atoms with Gasteiger partial charge in [-0.05, 0) is 27.2 Å². The molecule has 1 aliphatic heterocycles. The molecule has 1 atom stereocenters. The van der Waals surface area contributed by atoms with Gasteiger partial charge in [-0.25, -0.2) is 9.59 Å². The van der Waals surface area contributed by atoms with Gasteiger partial charge in [-0.1, -0.05) is 0 Å². The van der Waals surface area contributed by atoms with E-state index in [-0.39, 0.29) is 6.54 Å². The van der Waals surface area contributed by atoms with Crippen molar-refractivity contribution >= 4 is 18.0 Å². The summed E-state index contributed by atoms with van der Waals surface area (Å²) in [5, 5.41) is 0. The molecule has 1 unspecified atom stereocenters. The topological polar surface area (TPSA) is 72.9 Å². The average molecular weight is 269 g/mol. The highest BCUT2D eigenvalue weighted by Crippen LogP contribution is 2.23. The molecule has 0 radical (unpaired) electrons. The smallest absolute Gasteiger partial charge is 0.410 e. The van der Waals surface area contributed by atoms with Crippen LogP contribution in [0.3, 0.4) is 0 Å². The fourth-order valence-electron chi connectivity index (χ4n) is 1.83. The number of likely N-dealkylation sites (tertiary alicyclic amines) is 1. The fraction of sp³-hybridized carbons (Fsp3) is 0.692. The Morgan fingerprint density at radius 3 is 2.47 bits per heavy atom. The summed E-state index contributed by atoms with van der Waals surface area (Å²) in [6.45, 7) is 5.73. The van der Waals surface area contributed by atoms with Gasteiger partial charge in [0.05, 0.1) is 7.11 Å². The van der Waals surface area contributed by atoms with E-state index < -0.39 is 23.6 Å². The second-order valence-electron chi connectivity index (χ2n) is 5.38. The van der Waals surface area contributed by atoms with Crippen molar-refractivity contribution in [2.24, 2.45) is 5.92 Å². The maximum absolute atomic E-state index is 11.9. The van der Waals surface area contributed by atoms with E-state index in [4.69, 9.17) is 4.74 Å². The zero-order valence-corrected chi connectivity index (χ0v) is 11.7. The minimum absolute atomic E-state index is 0.0894. The molecule has 1 aliphatic rings. The monoisotopic (exact) mass is 269 g/mol. The first kappa shape index (κ1) is 15.2. The normalized spacial score (nSPS) is 19.7. The van der Waals surface area contributed by atoms with Gasteiger partial charge in [-0.15, -0.1) is 0 Å². The lowest BCUT2D eigenvalue weighted by molar-refractivity contribution is -0.145. The number of piperidine rings is 1. The maximum Gasteiger partial charge on any atom is 0.410 e. The van der Waals surface area contributed by atoms with Crippen LogP contribution in [0.15, 0.2) is 5.57 Å². The number of amides is 1. The van der Waals surface area contributed by atoms with Crippen molar-refractivity contribution < 1.29 is 23.9 Å². The Kier molecular flexibility index (Phi) is 4.72. The van der Waals surface area contributed by atoms with E-state index in [0.717, 1.165) is 0 Å². The van der Waals surface area contributed by atoms with Gasteiger partial charge in [0, 0.05) is 18.7 Å². The minimum Gasteiger partial charge on any atom is -0.468 e. The van der Waals surface area contributed by atoms with Crippen LogP contribution < -0.4 is 0 Å². The van der Waals surface area contributed by atoms with Crippen LogP contribution in [-0.2, 0) is 19.1 Å². The molecule has 6 nitrogen and oxygen atoms in total. The summed E-state index contributed by atoms with van der Waals surface area (Å²) in [7, 11) is 1.25. The summed E-state index contributed by atoms with van der Waals surface area (Å²) < 4.78 is 9.87. The number of hydrogen-bond acceptors (Lipinski definition) is 5. The Morgan fingerprint density at radius 2 is 2.00 bits per heavy atom. The summed E-state index contributed by atoms with van der Waals surface area (Å²) >= 11 is 0. The van der Waals surface area contributed by atoms with Crippen molar-refractivity contribution in [2.75, 3.05) is 20.2 Å². The Bertz CT molecular complexity index is 417. The van der Waals surface area contributed by atoms with E-state index >= 15 is 0 Å². The molecule has 1 saturated heterocycles. The zero-order chi connectivity index (χ0) is 14.6. The molecule has 106 valence electrons. The van der Waals surface area contributed by atoms with Crippen molar-refractivity contribution in [3.63, 3.8) is 0 Å². The van der Waals surface area contributed by atoms with Crippen LogP contribution in [0.1, 0.15) is 27.2 Å². The first-order valence-corrected chi connectivity index (χ1v) is 6.08. The molecule has 1 fully saturated rings. The zero-order valence-electron chi connectivity index (χ0n) is 11.7. The molecule has 0 aromatic rings. The van der Waals surface area contributed by atoms with Gasteiger partial charge in [0.25, 0.3) is 0 Å². The Hall–Kier alpha value is -1.81. The number of esters is 1. The molecule has 0 spiro atoms. The third kappa shape index (κ3) is 4.10. The van der Waals surface area contributed by atoms with E-state index in [1.807, 2.05) is 0 Å². The van der Waals surface area contributed by atoms with Gasteiger partial charge in [0.2, 0.25) is 0 Å².